The van der Waals surface area contributed by atoms with Gasteiger partial charge in [0, 0.05) is 36.6 Å². The molecule has 2 atom stereocenters. The molecular weight excluding hydrogens is 230 g/mol. The minimum absolute atomic E-state index is 0.0746. The molecule has 98 valence electrons. The van der Waals surface area contributed by atoms with Gasteiger partial charge in [0.1, 0.15) is 0 Å². The molecule has 0 aliphatic heterocycles. The molecule has 1 aliphatic rings. The van der Waals surface area contributed by atoms with E-state index in [9.17, 15) is 9.90 Å². The number of aliphatic hydroxyl groups is 1. The number of aromatic nitrogens is 1. The standard InChI is InChI=1S/C13H19N3O2/c17-9-10-3-1-2-4-12(10)16-13(18)15-11-5-7-14-8-6-11/h5-8,10,12,17H,1-4,9H2,(H2,14,15,16,18). The lowest BCUT2D eigenvalue weighted by Crippen LogP contribution is -2.45. The van der Waals surface area contributed by atoms with Gasteiger partial charge in [0.25, 0.3) is 0 Å². The number of pyridine rings is 1. The number of nitrogens with one attached hydrogen (secondary N) is 2. The number of hydrogen-bond donors (Lipinski definition) is 3. The number of hydrogen-bond acceptors (Lipinski definition) is 3. The summed E-state index contributed by atoms with van der Waals surface area (Å²) in [6.07, 6.45) is 7.43. The van der Waals surface area contributed by atoms with Crippen LogP contribution in [0.2, 0.25) is 0 Å². The highest BCUT2D eigenvalue weighted by atomic mass is 16.3. The first-order chi connectivity index (χ1) is 8.79. The van der Waals surface area contributed by atoms with E-state index in [0.29, 0.717) is 0 Å². The average molecular weight is 249 g/mol. The number of aliphatic hydroxyl groups excluding tert-OH is 1. The Morgan fingerprint density at radius 3 is 2.78 bits per heavy atom. The molecule has 18 heavy (non-hydrogen) atoms. The molecule has 0 spiro atoms. The van der Waals surface area contributed by atoms with Gasteiger partial charge in [0.15, 0.2) is 0 Å². The van der Waals surface area contributed by atoms with E-state index in [2.05, 4.69) is 15.6 Å². The Hall–Kier alpha value is -1.62. The largest absolute Gasteiger partial charge is 0.396 e. The first-order valence-electron chi connectivity index (χ1n) is 6.38. The summed E-state index contributed by atoms with van der Waals surface area (Å²) in [6.45, 7) is 0.139. The van der Waals surface area contributed by atoms with Crippen LogP contribution < -0.4 is 10.6 Å². The molecule has 2 unspecified atom stereocenters. The van der Waals surface area contributed by atoms with Gasteiger partial charge in [-0.15, -0.1) is 0 Å². The van der Waals surface area contributed by atoms with E-state index >= 15 is 0 Å². The van der Waals surface area contributed by atoms with Gasteiger partial charge in [0.05, 0.1) is 0 Å². The van der Waals surface area contributed by atoms with Crippen molar-refractivity contribution < 1.29 is 9.90 Å². The fourth-order valence-electron chi connectivity index (χ4n) is 2.39. The number of amides is 2. The second kappa shape index (κ2) is 6.35. The molecule has 0 bridgehead atoms. The van der Waals surface area contributed by atoms with E-state index in [1.807, 2.05) is 0 Å². The summed E-state index contributed by atoms with van der Waals surface area (Å²) in [5.74, 6) is 0.182. The monoisotopic (exact) mass is 249 g/mol. The molecule has 1 aromatic rings. The maximum absolute atomic E-state index is 11.8. The first kappa shape index (κ1) is 12.8. The van der Waals surface area contributed by atoms with Gasteiger partial charge in [-0.2, -0.15) is 0 Å². The maximum Gasteiger partial charge on any atom is 0.319 e. The van der Waals surface area contributed by atoms with Gasteiger partial charge in [-0.3, -0.25) is 4.98 Å². The molecule has 0 saturated heterocycles. The minimum atomic E-state index is -0.216. The SMILES string of the molecule is O=C(Nc1ccncc1)NC1CCCCC1CO. The number of rotatable bonds is 3. The molecule has 1 saturated carbocycles. The van der Waals surface area contributed by atoms with Crippen LogP contribution in [0.3, 0.4) is 0 Å². The van der Waals surface area contributed by atoms with Gasteiger partial charge in [-0.1, -0.05) is 12.8 Å². The molecular formula is C13H19N3O2. The highest BCUT2D eigenvalue weighted by Crippen LogP contribution is 2.23. The number of carbonyl (C=O) groups is 1. The minimum Gasteiger partial charge on any atom is -0.396 e. The molecule has 5 nitrogen and oxygen atoms in total. The van der Waals surface area contributed by atoms with E-state index in [1.165, 1.54) is 0 Å². The summed E-state index contributed by atoms with van der Waals surface area (Å²) in [4.78, 5) is 15.7. The molecule has 0 aromatic carbocycles. The van der Waals surface area contributed by atoms with Crippen molar-refractivity contribution in [2.75, 3.05) is 11.9 Å². The third kappa shape index (κ3) is 3.43. The number of carbonyl (C=O) groups excluding carboxylic acids is 1. The lowest BCUT2D eigenvalue weighted by atomic mass is 9.85. The van der Waals surface area contributed by atoms with Crippen molar-refractivity contribution in [2.24, 2.45) is 5.92 Å². The normalized spacial score (nSPS) is 23.4. The van der Waals surface area contributed by atoms with Crippen LogP contribution in [0.15, 0.2) is 24.5 Å². The molecule has 3 N–H and O–H groups in total. The Labute approximate surface area is 107 Å². The molecule has 2 amide bonds. The Balaban J connectivity index is 1.86. The van der Waals surface area contributed by atoms with Crippen LogP contribution in [0.25, 0.3) is 0 Å². The van der Waals surface area contributed by atoms with Crippen LogP contribution in [0.4, 0.5) is 10.5 Å². The van der Waals surface area contributed by atoms with Crippen molar-refractivity contribution in [1.29, 1.82) is 0 Å². The first-order valence-corrected chi connectivity index (χ1v) is 6.38. The lowest BCUT2D eigenvalue weighted by Gasteiger charge is -2.30. The second-order valence-corrected chi connectivity index (χ2v) is 4.67. The van der Waals surface area contributed by atoms with E-state index in [1.54, 1.807) is 24.5 Å². The van der Waals surface area contributed by atoms with Gasteiger partial charge in [-0.25, -0.2) is 4.79 Å². The van der Waals surface area contributed by atoms with E-state index < -0.39 is 0 Å². The third-order valence-corrected chi connectivity index (χ3v) is 3.40. The quantitative estimate of drug-likeness (QED) is 0.764. The number of anilines is 1. The molecule has 1 aliphatic carbocycles. The van der Waals surface area contributed by atoms with Crippen molar-refractivity contribution in [2.45, 2.75) is 31.7 Å². The van der Waals surface area contributed by atoms with E-state index in [4.69, 9.17) is 0 Å². The van der Waals surface area contributed by atoms with Crippen molar-refractivity contribution in [1.82, 2.24) is 10.3 Å². The van der Waals surface area contributed by atoms with Crippen LogP contribution in [0.5, 0.6) is 0 Å². The highest BCUT2D eigenvalue weighted by molar-refractivity contribution is 5.89. The summed E-state index contributed by atoms with van der Waals surface area (Å²) in [5, 5.41) is 15.0. The van der Waals surface area contributed by atoms with Crippen molar-refractivity contribution in [3.63, 3.8) is 0 Å². The molecule has 0 radical (unpaired) electrons. The van der Waals surface area contributed by atoms with Crippen molar-refractivity contribution >= 4 is 11.7 Å². The summed E-state index contributed by atoms with van der Waals surface area (Å²) < 4.78 is 0. The Morgan fingerprint density at radius 2 is 2.06 bits per heavy atom. The van der Waals surface area contributed by atoms with Gasteiger partial charge in [-0.05, 0) is 25.0 Å². The Kier molecular flexibility index (Phi) is 4.52. The predicted octanol–water partition coefficient (Wildman–Crippen LogP) is 1.75. The topological polar surface area (TPSA) is 74.2 Å². The van der Waals surface area contributed by atoms with E-state index in [0.717, 1.165) is 31.4 Å². The van der Waals surface area contributed by atoms with Crippen LogP contribution in [0.1, 0.15) is 25.7 Å². The average Bonchev–Trinajstić information content (AvgIpc) is 2.40. The Morgan fingerprint density at radius 1 is 1.33 bits per heavy atom. The van der Waals surface area contributed by atoms with Crippen LogP contribution in [-0.2, 0) is 0 Å². The Bertz CT molecular complexity index is 383. The van der Waals surface area contributed by atoms with E-state index in [-0.39, 0.29) is 24.6 Å². The zero-order valence-electron chi connectivity index (χ0n) is 10.3. The second-order valence-electron chi connectivity index (χ2n) is 4.67. The molecule has 5 heteroatoms. The fraction of sp³-hybridized carbons (Fsp3) is 0.538. The number of nitrogens with zero attached hydrogens (tertiary/aromatic N) is 1. The highest BCUT2D eigenvalue weighted by Gasteiger charge is 2.25. The molecule has 2 rings (SSSR count). The smallest absolute Gasteiger partial charge is 0.319 e. The van der Waals surface area contributed by atoms with Gasteiger partial charge < -0.3 is 15.7 Å². The van der Waals surface area contributed by atoms with Gasteiger partial charge in [0.2, 0.25) is 0 Å². The maximum atomic E-state index is 11.8. The van der Waals surface area contributed by atoms with Crippen LogP contribution >= 0.6 is 0 Å². The lowest BCUT2D eigenvalue weighted by molar-refractivity contribution is 0.156. The molecule has 1 aromatic heterocycles. The van der Waals surface area contributed by atoms with Crippen molar-refractivity contribution in [3.8, 4) is 0 Å². The van der Waals surface area contributed by atoms with Crippen molar-refractivity contribution in [3.05, 3.63) is 24.5 Å². The predicted molar refractivity (Wildman–Crippen MR) is 69.2 cm³/mol. The van der Waals surface area contributed by atoms with Crippen LogP contribution in [-0.4, -0.2) is 28.8 Å². The summed E-state index contributed by atoms with van der Waals surface area (Å²) in [5.41, 5.74) is 0.721. The summed E-state index contributed by atoms with van der Waals surface area (Å²) in [7, 11) is 0. The zero-order chi connectivity index (χ0) is 12.8. The third-order valence-electron chi connectivity index (χ3n) is 3.40. The summed E-state index contributed by atoms with van der Waals surface area (Å²) >= 11 is 0. The van der Waals surface area contributed by atoms with Crippen LogP contribution in [0, 0.1) is 5.92 Å². The molecule has 1 fully saturated rings. The summed E-state index contributed by atoms with van der Waals surface area (Å²) in [6, 6.07) is 3.34. The molecule has 1 heterocycles. The number of urea groups is 1. The fourth-order valence-corrected chi connectivity index (χ4v) is 2.39. The zero-order valence-corrected chi connectivity index (χ0v) is 10.3. The van der Waals surface area contributed by atoms with Gasteiger partial charge >= 0.3 is 6.03 Å².